The van der Waals surface area contributed by atoms with Crippen LogP contribution >= 0.6 is 11.6 Å². The van der Waals surface area contributed by atoms with Gasteiger partial charge in [0.05, 0.1) is 4.92 Å². The summed E-state index contributed by atoms with van der Waals surface area (Å²) in [5.41, 5.74) is 0.123. The van der Waals surface area contributed by atoms with Crippen molar-refractivity contribution in [1.82, 2.24) is 5.32 Å². The first kappa shape index (κ1) is 12.4. The molecule has 0 radical (unpaired) electrons. The Labute approximate surface area is 97.6 Å². The zero-order valence-corrected chi connectivity index (χ0v) is 9.45. The quantitative estimate of drug-likeness (QED) is 0.651. The van der Waals surface area contributed by atoms with Gasteiger partial charge in [-0.05, 0) is 18.6 Å². The van der Waals surface area contributed by atoms with Gasteiger partial charge in [0.25, 0.3) is 11.6 Å². The first-order valence-corrected chi connectivity index (χ1v) is 5.16. The summed E-state index contributed by atoms with van der Waals surface area (Å²) in [6.07, 6.45) is 0.826. The van der Waals surface area contributed by atoms with Crippen molar-refractivity contribution < 1.29 is 9.72 Å². The molecule has 0 saturated carbocycles. The largest absolute Gasteiger partial charge is 0.352 e. The zero-order valence-electron chi connectivity index (χ0n) is 8.70. The molecule has 1 rings (SSSR count). The van der Waals surface area contributed by atoms with E-state index < -0.39 is 4.92 Å². The fourth-order valence-electron chi connectivity index (χ4n) is 1.14. The number of carbonyl (C=O) groups excluding carboxylic acids is 1. The molecule has 0 aliphatic carbocycles. The van der Waals surface area contributed by atoms with Gasteiger partial charge < -0.3 is 5.32 Å². The van der Waals surface area contributed by atoms with E-state index in [2.05, 4.69) is 5.32 Å². The predicted molar refractivity (Wildman–Crippen MR) is 60.7 cm³/mol. The average molecular weight is 243 g/mol. The van der Waals surface area contributed by atoms with Crippen LogP contribution in [0, 0.1) is 10.1 Å². The van der Waals surface area contributed by atoms with Crippen LogP contribution in [0.3, 0.4) is 0 Å². The minimum absolute atomic E-state index is 0.0332. The standard InChI is InChI=1S/C10H11ClN2O3/c1-2-5-12-10(14)7-3-4-9(13(15)16)8(11)6-7/h3-4,6H,2,5H2,1H3,(H,12,14). The van der Waals surface area contributed by atoms with Gasteiger partial charge >= 0.3 is 0 Å². The SMILES string of the molecule is CCCNC(=O)c1ccc([N+](=O)[O-])c(Cl)c1. The van der Waals surface area contributed by atoms with E-state index in [0.29, 0.717) is 12.1 Å². The van der Waals surface area contributed by atoms with Crippen molar-refractivity contribution in [2.75, 3.05) is 6.54 Å². The average Bonchev–Trinajstić information content (AvgIpc) is 2.25. The van der Waals surface area contributed by atoms with E-state index in [1.807, 2.05) is 6.92 Å². The van der Waals surface area contributed by atoms with Crippen LogP contribution in [0.2, 0.25) is 5.02 Å². The molecule has 1 aromatic carbocycles. The van der Waals surface area contributed by atoms with Crippen molar-refractivity contribution in [3.63, 3.8) is 0 Å². The zero-order chi connectivity index (χ0) is 12.1. The molecule has 0 unspecified atom stereocenters. The Balaban J connectivity index is 2.88. The molecule has 0 heterocycles. The molecule has 5 nitrogen and oxygen atoms in total. The van der Waals surface area contributed by atoms with Crippen molar-refractivity contribution in [1.29, 1.82) is 0 Å². The van der Waals surface area contributed by atoms with E-state index in [4.69, 9.17) is 11.6 Å². The lowest BCUT2D eigenvalue weighted by Gasteiger charge is -2.03. The van der Waals surface area contributed by atoms with Crippen molar-refractivity contribution in [2.24, 2.45) is 0 Å². The lowest BCUT2D eigenvalue weighted by atomic mass is 10.2. The third-order valence-corrected chi connectivity index (χ3v) is 2.24. The van der Waals surface area contributed by atoms with Crippen LogP contribution in [0.25, 0.3) is 0 Å². The Hall–Kier alpha value is -1.62. The molecule has 0 aromatic heterocycles. The second kappa shape index (κ2) is 5.46. The number of rotatable bonds is 4. The van der Waals surface area contributed by atoms with Gasteiger partial charge in [0.15, 0.2) is 0 Å². The topological polar surface area (TPSA) is 72.2 Å². The van der Waals surface area contributed by atoms with E-state index in [-0.39, 0.29) is 16.6 Å². The Morgan fingerprint density at radius 3 is 2.75 bits per heavy atom. The van der Waals surface area contributed by atoms with Crippen LogP contribution in [-0.2, 0) is 0 Å². The molecule has 1 aromatic rings. The molecule has 1 amide bonds. The first-order valence-electron chi connectivity index (χ1n) is 4.78. The molecule has 0 spiro atoms. The molecule has 0 aliphatic heterocycles. The van der Waals surface area contributed by atoms with Crippen LogP contribution in [0.4, 0.5) is 5.69 Å². The van der Waals surface area contributed by atoms with Crippen molar-refractivity contribution in [2.45, 2.75) is 13.3 Å². The van der Waals surface area contributed by atoms with Gasteiger partial charge in [-0.15, -0.1) is 0 Å². The van der Waals surface area contributed by atoms with Crippen LogP contribution in [0.15, 0.2) is 18.2 Å². The molecule has 0 atom stereocenters. The highest BCUT2D eigenvalue weighted by atomic mass is 35.5. The highest BCUT2D eigenvalue weighted by molar-refractivity contribution is 6.33. The van der Waals surface area contributed by atoms with E-state index in [9.17, 15) is 14.9 Å². The normalized spacial score (nSPS) is 9.88. The smallest absolute Gasteiger partial charge is 0.287 e. The van der Waals surface area contributed by atoms with Gasteiger partial charge in [0.2, 0.25) is 0 Å². The van der Waals surface area contributed by atoms with Gasteiger partial charge in [0.1, 0.15) is 5.02 Å². The van der Waals surface area contributed by atoms with Crippen molar-refractivity contribution >= 4 is 23.2 Å². The lowest BCUT2D eigenvalue weighted by Crippen LogP contribution is -2.23. The third kappa shape index (κ3) is 2.93. The van der Waals surface area contributed by atoms with Gasteiger partial charge in [-0.3, -0.25) is 14.9 Å². The highest BCUT2D eigenvalue weighted by Gasteiger charge is 2.14. The summed E-state index contributed by atoms with van der Waals surface area (Å²) < 4.78 is 0. The number of hydrogen-bond acceptors (Lipinski definition) is 3. The van der Waals surface area contributed by atoms with Gasteiger partial charge in [-0.25, -0.2) is 0 Å². The maximum absolute atomic E-state index is 11.5. The minimum Gasteiger partial charge on any atom is -0.352 e. The minimum atomic E-state index is -0.587. The number of nitrogens with one attached hydrogen (secondary N) is 1. The summed E-state index contributed by atoms with van der Waals surface area (Å²) in [6.45, 7) is 2.50. The third-order valence-electron chi connectivity index (χ3n) is 1.94. The fourth-order valence-corrected chi connectivity index (χ4v) is 1.39. The van der Waals surface area contributed by atoms with Crippen LogP contribution in [-0.4, -0.2) is 17.4 Å². The van der Waals surface area contributed by atoms with Crippen molar-refractivity contribution in [3.05, 3.63) is 38.9 Å². The highest BCUT2D eigenvalue weighted by Crippen LogP contribution is 2.24. The summed E-state index contributed by atoms with van der Waals surface area (Å²) in [5.74, 6) is -0.279. The number of hydrogen-bond donors (Lipinski definition) is 1. The van der Waals surface area contributed by atoms with E-state index in [1.54, 1.807) is 0 Å². The monoisotopic (exact) mass is 242 g/mol. The molecule has 6 heteroatoms. The Bertz CT molecular complexity index is 421. The molecule has 16 heavy (non-hydrogen) atoms. The number of nitro groups is 1. The molecular formula is C10H11ClN2O3. The molecular weight excluding hydrogens is 232 g/mol. The lowest BCUT2D eigenvalue weighted by molar-refractivity contribution is -0.384. The van der Waals surface area contributed by atoms with Crippen LogP contribution in [0.1, 0.15) is 23.7 Å². The molecule has 0 bridgehead atoms. The van der Waals surface area contributed by atoms with Gasteiger partial charge in [-0.2, -0.15) is 0 Å². The van der Waals surface area contributed by atoms with Crippen LogP contribution in [0.5, 0.6) is 0 Å². The number of nitro benzene ring substituents is 1. The summed E-state index contributed by atoms with van der Waals surface area (Å²) in [7, 11) is 0. The summed E-state index contributed by atoms with van der Waals surface area (Å²) in [6, 6.07) is 3.91. The second-order valence-corrected chi connectivity index (χ2v) is 3.59. The maximum atomic E-state index is 11.5. The molecule has 0 aliphatic rings. The molecule has 0 saturated heterocycles. The van der Waals surface area contributed by atoms with Crippen LogP contribution < -0.4 is 5.32 Å². The molecule has 86 valence electrons. The summed E-state index contributed by atoms with van der Waals surface area (Å²) in [4.78, 5) is 21.4. The molecule has 0 fully saturated rings. The number of nitrogens with zero attached hydrogens (tertiary/aromatic N) is 1. The Morgan fingerprint density at radius 1 is 1.56 bits per heavy atom. The first-order chi connectivity index (χ1) is 7.56. The van der Waals surface area contributed by atoms with Gasteiger partial charge in [0, 0.05) is 18.2 Å². The van der Waals surface area contributed by atoms with Gasteiger partial charge in [-0.1, -0.05) is 18.5 Å². The molecule has 1 N–H and O–H groups in total. The second-order valence-electron chi connectivity index (χ2n) is 3.18. The summed E-state index contributed by atoms with van der Waals surface area (Å²) in [5, 5.41) is 13.1. The fraction of sp³-hybridized carbons (Fsp3) is 0.300. The summed E-state index contributed by atoms with van der Waals surface area (Å²) >= 11 is 5.68. The van der Waals surface area contributed by atoms with E-state index >= 15 is 0 Å². The Morgan fingerprint density at radius 2 is 2.25 bits per heavy atom. The maximum Gasteiger partial charge on any atom is 0.287 e. The Kier molecular flexibility index (Phi) is 4.25. The number of amides is 1. The van der Waals surface area contributed by atoms with E-state index in [0.717, 1.165) is 6.42 Å². The van der Waals surface area contributed by atoms with Crippen molar-refractivity contribution in [3.8, 4) is 0 Å². The number of halogens is 1. The number of benzene rings is 1. The predicted octanol–water partition coefficient (Wildman–Crippen LogP) is 2.39. The van der Waals surface area contributed by atoms with E-state index in [1.165, 1.54) is 18.2 Å². The number of carbonyl (C=O) groups is 1.